The average molecular weight is 316 g/mol. The van der Waals surface area contributed by atoms with E-state index >= 15 is 0 Å². The highest BCUT2D eigenvalue weighted by Gasteiger charge is 2.09. The zero-order valence-corrected chi connectivity index (χ0v) is 12.8. The molecule has 1 aromatic rings. The largest absolute Gasteiger partial charge is 0.496 e. The third-order valence-electron chi connectivity index (χ3n) is 2.79. The monoisotopic (exact) mass is 315 g/mol. The van der Waals surface area contributed by atoms with Gasteiger partial charge in [0, 0.05) is 12.6 Å². The summed E-state index contributed by atoms with van der Waals surface area (Å²) in [5.41, 5.74) is 1.17. The van der Waals surface area contributed by atoms with E-state index in [0.29, 0.717) is 5.92 Å². The van der Waals surface area contributed by atoms with E-state index in [-0.39, 0.29) is 12.6 Å². The number of hydrogen-bond acceptors (Lipinski definition) is 3. The van der Waals surface area contributed by atoms with Crippen LogP contribution in [0.5, 0.6) is 5.75 Å². The average Bonchev–Trinajstić information content (AvgIpc) is 2.34. The molecular weight excluding hydrogens is 294 g/mol. The van der Waals surface area contributed by atoms with Crippen molar-refractivity contribution in [3.05, 3.63) is 28.2 Å². The second-order valence-corrected chi connectivity index (χ2v) is 5.71. The molecular formula is C14H22BrNO2. The summed E-state index contributed by atoms with van der Waals surface area (Å²) in [6, 6.07) is 6.17. The quantitative estimate of drug-likeness (QED) is 0.813. The predicted molar refractivity (Wildman–Crippen MR) is 77.9 cm³/mol. The summed E-state index contributed by atoms with van der Waals surface area (Å²) in [6.07, 6.45) is 0.980. The van der Waals surface area contributed by atoms with Gasteiger partial charge in [0.1, 0.15) is 5.75 Å². The lowest BCUT2D eigenvalue weighted by Crippen LogP contribution is -2.33. The number of rotatable bonds is 7. The summed E-state index contributed by atoms with van der Waals surface area (Å²) >= 11 is 3.47. The SMILES string of the molecule is COc1ccc(CNC(CO)CC(C)C)cc1Br. The Hall–Kier alpha value is -0.580. The lowest BCUT2D eigenvalue weighted by Gasteiger charge is -2.18. The second-order valence-electron chi connectivity index (χ2n) is 4.86. The minimum atomic E-state index is 0.158. The van der Waals surface area contributed by atoms with Gasteiger partial charge in [-0.2, -0.15) is 0 Å². The fraction of sp³-hybridized carbons (Fsp3) is 0.571. The molecule has 0 fully saturated rings. The summed E-state index contributed by atoms with van der Waals surface area (Å²) in [5.74, 6) is 1.41. The van der Waals surface area contributed by atoms with Gasteiger partial charge >= 0.3 is 0 Å². The molecule has 0 radical (unpaired) electrons. The highest BCUT2D eigenvalue weighted by Crippen LogP contribution is 2.25. The lowest BCUT2D eigenvalue weighted by atomic mass is 10.0. The molecule has 0 aliphatic carbocycles. The lowest BCUT2D eigenvalue weighted by molar-refractivity contribution is 0.223. The molecule has 0 spiro atoms. The summed E-state index contributed by atoms with van der Waals surface area (Å²) in [5, 5.41) is 12.7. The van der Waals surface area contributed by atoms with E-state index < -0.39 is 0 Å². The fourth-order valence-corrected chi connectivity index (χ4v) is 2.46. The molecule has 1 atom stereocenters. The molecule has 102 valence electrons. The van der Waals surface area contributed by atoms with Gasteiger partial charge in [0.25, 0.3) is 0 Å². The highest BCUT2D eigenvalue weighted by molar-refractivity contribution is 9.10. The first-order valence-electron chi connectivity index (χ1n) is 6.23. The van der Waals surface area contributed by atoms with Crippen molar-refractivity contribution in [1.82, 2.24) is 5.32 Å². The summed E-state index contributed by atoms with van der Waals surface area (Å²) in [4.78, 5) is 0. The Labute approximate surface area is 118 Å². The van der Waals surface area contributed by atoms with Gasteiger partial charge in [0.15, 0.2) is 0 Å². The van der Waals surface area contributed by atoms with Crippen molar-refractivity contribution in [2.75, 3.05) is 13.7 Å². The van der Waals surface area contributed by atoms with Crippen LogP contribution < -0.4 is 10.1 Å². The third-order valence-corrected chi connectivity index (χ3v) is 3.41. The van der Waals surface area contributed by atoms with Crippen LogP contribution in [0.15, 0.2) is 22.7 Å². The first kappa shape index (κ1) is 15.5. The number of hydrogen-bond donors (Lipinski definition) is 2. The molecule has 0 aromatic heterocycles. The van der Waals surface area contributed by atoms with E-state index in [4.69, 9.17) is 4.74 Å². The molecule has 1 aromatic carbocycles. The molecule has 3 nitrogen and oxygen atoms in total. The summed E-state index contributed by atoms with van der Waals surface area (Å²) in [7, 11) is 1.66. The van der Waals surface area contributed by atoms with Crippen molar-refractivity contribution < 1.29 is 9.84 Å². The summed E-state index contributed by atoms with van der Waals surface area (Å²) < 4.78 is 6.14. The summed E-state index contributed by atoms with van der Waals surface area (Å²) in [6.45, 7) is 5.25. The van der Waals surface area contributed by atoms with Gasteiger partial charge in [-0.05, 0) is 46.0 Å². The maximum absolute atomic E-state index is 9.30. The van der Waals surface area contributed by atoms with E-state index in [1.54, 1.807) is 7.11 Å². The van der Waals surface area contributed by atoms with E-state index in [0.717, 1.165) is 23.2 Å². The minimum absolute atomic E-state index is 0.158. The van der Waals surface area contributed by atoms with Gasteiger partial charge in [-0.25, -0.2) is 0 Å². The van der Waals surface area contributed by atoms with Gasteiger partial charge in [0.2, 0.25) is 0 Å². The number of aliphatic hydroxyl groups is 1. The highest BCUT2D eigenvalue weighted by atomic mass is 79.9. The third kappa shape index (κ3) is 4.96. The maximum Gasteiger partial charge on any atom is 0.133 e. The van der Waals surface area contributed by atoms with Crippen LogP contribution in [0.25, 0.3) is 0 Å². The van der Waals surface area contributed by atoms with Crippen molar-refractivity contribution in [2.45, 2.75) is 32.9 Å². The molecule has 1 rings (SSSR count). The Balaban J connectivity index is 2.54. The van der Waals surface area contributed by atoms with Gasteiger partial charge < -0.3 is 15.2 Å². The Bertz CT molecular complexity index is 369. The first-order chi connectivity index (χ1) is 8.56. The number of ether oxygens (including phenoxy) is 1. The molecule has 0 aliphatic rings. The molecule has 2 N–H and O–H groups in total. The number of halogens is 1. The number of aliphatic hydroxyl groups excluding tert-OH is 1. The first-order valence-corrected chi connectivity index (χ1v) is 7.02. The van der Waals surface area contributed by atoms with E-state index in [1.165, 1.54) is 5.56 Å². The normalized spacial score (nSPS) is 12.8. The van der Waals surface area contributed by atoms with Crippen molar-refractivity contribution in [2.24, 2.45) is 5.92 Å². The molecule has 0 heterocycles. The van der Waals surface area contributed by atoms with Crippen molar-refractivity contribution in [3.8, 4) is 5.75 Å². The molecule has 0 aliphatic heterocycles. The van der Waals surface area contributed by atoms with Gasteiger partial charge in [-0.15, -0.1) is 0 Å². The van der Waals surface area contributed by atoms with Crippen LogP contribution in [0.2, 0.25) is 0 Å². The van der Waals surface area contributed by atoms with Crippen LogP contribution in [0.1, 0.15) is 25.8 Å². The molecule has 0 amide bonds. The fourth-order valence-electron chi connectivity index (χ4n) is 1.87. The van der Waals surface area contributed by atoms with Gasteiger partial charge in [0.05, 0.1) is 18.2 Å². The van der Waals surface area contributed by atoms with Gasteiger partial charge in [-0.3, -0.25) is 0 Å². The zero-order chi connectivity index (χ0) is 13.5. The zero-order valence-electron chi connectivity index (χ0n) is 11.2. The van der Waals surface area contributed by atoms with E-state index in [9.17, 15) is 5.11 Å². The maximum atomic E-state index is 9.30. The Morgan fingerprint density at radius 1 is 1.39 bits per heavy atom. The number of nitrogens with one attached hydrogen (secondary N) is 1. The topological polar surface area (TPSA) is 41.5 Å². The van der Waals surface area contributed by atoms with E-state index in [1.807, 2.05) is 18.2 Å². The minimum Gasteiger partial charge on any atom is -0.496 e. The number of benzene rings is 1. The van der Waals surface area contributed by atoms with Crippen molar-refractivity contribution in [3.63, 3.8) is 0 Å². The Morgan fingerprint density at radius 3 is 2.61 bits per heavy atom. The Morgan fingerprint density at radius 2 is 2.11 bits per heavy atom. The molecule has 0 bridgehead atoms. The van der Waals surface area contributed by atoms with Crippen molar-refractivity contribution in [1.29, 1.82) is 0 Å². The van der Waals surface area contributed by atoms with Crippen LogP contribution in [-0.4, -0.2) is 24.9 Å². The Kier molecular flexibility index (Phi) is 6.68. The van der Waals surface area contributed by atoms with Gasteiger partial charge in [-0.1, -0.05) is 19.9 Å². The molecule has 0 saturated heterocycles. The predicted octanol–water partition coefficient (Wildman–Crippen LogP) is 2.95. The molecule has 0 saturated carbocycles. The van der Waals surface area contributed by atoms with Crippen LogP contribution in [0.3, 0.4) is 0 Å². The smallest absolute Gasteiger partial charge is 0.133 e. The second kappa shape index (κ2) is 7.77. The molecule has 18 heavy (non-hydrogen) atoms. The van der Waals surface area contributed by atoms with Crippen LogP contribution in [0.4, 0.5) is 0 Å². The van der Waals surface area contributed by atoms with Crippen LogP contribution >= 0.6 is 15.9 Å². The van der Waals surface area contributed by atoms with Crippen molar-refractivity contribution >= 4 is 15.9 Å². The van der Waals surface area contributed by atoms with Crippen LogP contribution in [0, 0.1) is 5.92 Å². The van der Waals surface area contributed by atoms with E-state index in [2.05, 4.69) is 35.1 Å². The molecule has 1 unspecified atom stereocenters. The standard InChI is InChI=1S/C14H22BrNO2/c1-10(2)6-12(9-17)16-8-11-4-5-14(18-3)13(15)7-11/h4-5,7,10,12,16-17H,6,8-9H2,1-3H3. The van der Waals surface area contributed by atoms with Crippen LogP contribution in [-0.2, 0) is 6.54 Å². The number of methoxy groups -OCH3 is 1. The molecule has 4 heteroatoms.